The molecule has 0 fully saturated rings. The molecule has 2 heterocycles. The van der Waals surface area contributed by atoms with Gasteiger partial charge in [-0.3, -0.25) is 20.0 Å². The quantitative estimate of drug-likeness (QED) is 0.0621. The maximum Gasteiger partial charge on any atom is 0.113 e. The molecular weight excluding hydrogens is 637 g/mol. The molecule has 0 aliphatic carbocycles. The molecule has 0 spiro atoms. The van der Waals surface area contributed by atoms with E-state index in [1.165, 1.54) is 217 Å². The number of nitrogens with zero attached hydrogens (tertiary/aromatic N) is 4. The molecule has 2 rings (SSSR count). The topological polar surface area (TPSA) is 55.3 Å². The summed E-state index contributed by atoms with van der Waals surface area (Å²) in [5.41, 5.74) is 6.80. The van der Waals surface area contributed by atoms with Gasteiger partial charge in [-0.25, -0.2) is 10.9 Å². The van der Waals surface area contributed by atoms with Crippen molar-refractivity contribution in [3.8, 4) is 0 Å². The molecule has 0 unspecified atom stereocenters. The van der Waals surface area contributed by atoms with Gasteiger partial charge < -0.3 is 0 Å². The molecule has 0 radical (unpaired) electrons. The molecule has 308 valence electrons. The Labute approximate surface area is 327 Å². The standard InChI is InChI=1S/2C23H47N3/c2*1-3-5-6-7-8-9-10-11-12-13-14-15-16-17-18-19-20-23-24-21-22-26(23)25-4-2/h2*25H,3-22H2,1-2H3. The first-order chi connectivity index (χ1) is 25.8. The van der Waals surface area contributed by atoms with Crippen molar-refractivity contribution in [2.75, 3.05) is 39.3 Å². The summed E-state index contributed by atoms with van der Waals surface area (Å²) >= 11 is 0. The van der Waals surface area contributed by atoms with Crippen LogP contribution in [0.2, 0.25) is 0 Å². The van der Waals surface area contributed by atoms with Gasteiger partial charge in [-0.05, 0) is 12.8 Å². The van der Waals surface area contributed by atoms with E-state index in [0.29, 0.717) is 0 Å². The van der Waals surface area contributed by atoms with Gasteiger partial charge in [0.15, 0.2) is 0 Å². The van der Waals surface area contributed by atoms with E-state index in [1.807, 2.05) is 0 Å². The Hall–Kier alpha value is -1.14. The third kappa shape index (κ3) is 30.2. The van der Waals surface area contributed by atoms with Crippen LogP contribution in [-0.2, 0) is 0 Å². The first-order valence-electron chi connectivity index (χ1n) is 23.8. The highest BCUT2D eigenvalue weighted by atomic mass is 15.5. The number of hydrogen-bond donors (Lipinski definition) is 2. The summed E-state index contributed by atoms with van der Waals surface area (Å²) in [5.74, 6) is 2.58. The first kappa shape index (κ1) is 48.9. The highest BCUT2D eigenvalue weighted by Gasteiger charge is 2.15. The van der Waals surface area contributed by atoms with Crippen LogP contribution in [0, 0.1) is 0 Å². The molecule has 0 aromatic heterocycles. The lowest BCUT2D eigenvalue weighted by Crippen LogP contribution is -2.40. The number of rotatable bonds is 38. The smallest absolute Gasteiger partial charge is 0.113 e. The predicted octanol–water partition coefficient (Wildman–Crippen LogP) is 13.8. The van der Waals surface area contributed by atoms with Crippen molar-refractivity contribution < 1.29 is 0 Å². The Morgan fingerprint density at radius 1 is 0.346 bits per heavy atom. The largest absolute Gasteiger partial charge is 0.294 e. The Bertz CT molecular complexity index is 719. The highest BCUT2D eigenvalue weighted by molar-refractivity contribution is 5.83. The van der Waals surface area contributed by atoms with Crippen LogP contribution < -0.4 is 10.9 Å². The monoisotopic (exact) mass is 731 g/mol. The average molecular weight is 731 g/mol. The lowest BCUT2D eigenvalue weighted by molar-refractivity contribution is 0.336. The molecule has 2 aliphatic rings. The number of aliphatic imine (C=N–C) groups is 2. The molecule has 2 aliphatic heterocycles. The summed E-state index contributed by atoms with van der Waals surface area (Å²) in [5, 5.41) is 4.51. The van der Waals surface area contributed by atoms with Crippen molar-refractivity contribution in [2.45, 2.75) is 246 Å². The van der Waals surface area contributed by atoms with Crippen molar-refractivity contribution in [3.05, 3.63) is 0 Å². The van der Waals surface area contributed by atoms with Crippen LogP contribution in [-0.4, -0.2) is 61.0 Å². The molecule has 0 aromatic carbocycles. The number of amidine groups is 2. The molecule has 0 bridgehead atoms. The van der Waals surface area contributed by atoms with E-state index in [9.17, 15) is 0 Å². The average Bonchev–Trinajstić information content (AvgIpc) is 3.80. The summed E-state index contributed by atoms with van der Waals surface area (Å²) in [7, 11) is 0. The van der Waals surface area contributed by atoms with E-state index in [1.54, 1.807) is 0 Å². The Kier molecular flexibility index (Phi) is 37.2. The fourth-order valence-electron chi connectivity index (χ4n) is 7.80. The van der Waals surface area contributed by atoms with Crippen LogP contribution in [0.15, 0.2) is 9.98 Å². The van der Waals surface area contributed by atoms with E-state index >= 15 is 0 Å². The Balaban J connectivity index is 0.000000520. The van der Waals surface area contributed by atoms with Gasteiger partial charge in [-0.1, -0.05) is 220 Å². The van der Waals surface area contributed by atoms with Crippen molar-refractivity contribution >= 4 is 11.7 Å². The van der Waals surface area contributed by atoms with E-state index in [2.05, 4.69) is 58.5 Å². The lowest BCUT2D eigenvalue weighted by Gasteiger charge is -2.20. The Morgan fingerprint density at radius 3 is 0.808 bits per heavy atom. The minimum absolute atomic E-state index is 0.973. The minimum Gasteiger partial charge on any atom is -0.294 e. The van der Waals surface area contributed by atoms with Gasteiger partial charge >= 0.3 is 0 Å². The van der Waals surface area contributed by atoms with Crippen molar-refractivity contribution in [2.24, 2.45) is 9.98 Å². The molecule has 0 aromatic rings. The normalized spacial score (nSPS) is 14.2. The van der Waals surface area contributed by atoms with Gasteiger partial charge in [0.1, 0.15) is 11.7 Å². The van der Waals surface area contributed by atoms with Crippen LogP contribution >= 0.6 is 0 Å². The fourth-order valence-corrected chi connectivity index (χ4v) is 7.80. The third-order valence-electron chi connectivity index (χ3n) is 11.1. The molecule has 0 saturated carbocycles. The SMILES string of the molecule is CCCCCCCCCCCCCCCCCCC1=NCCN1NCC.CCCCCCCCCCCCCCCCCCC1=NCCN1NCC. The number of unbranched alkanes of at least 4 members (excludes halogenated alkanes) is 30. The molecular formula is C46H94N6. The molecule has 0 saturated heterocycles. The second kappa shape index (κ2) is 39.6. The molecule has 0 atom stereocenters. The van der Waals surface area contributed by atoms with Gasteiger partial charge in [0.25, 0.3) is 0 Å². The maximum atomic E-state index is 4.62. The fraction of sp³-hybridized carbons (Fsp3) is 0.957. The zero-order chi connectivity index (χ0) is 37.4. The summed E-state index contributed by atoms with van der Waals surface area (Å²) < 4.78 is 0. The molecule has 2 N–H and O–H groups in total. The maximum absolute atomic E-state index is 4.62. The Morgan fingerprint density at radius 2 is 0.577 bits per heavy atom. The first-order valence-corrected chi connectivity index (χ1v) is 23.8. The van der Waals surface area contributed by atoms with Crippen LogP contribution in [0.5, 0.6) is 0 Å². The number of nitrogens with one attached hydrogen (secondary N) is 2. The van der Waals surface area contributed by atoms with E-state index in [0.717, 1.165) is 52.1 Å². The molecule has 6 nitrogen and oxygen atoms in total. The zero-order valence-electron chi connectivity index (χ0n) is 36.1. The highest BCUT2D eigenvalue weighted by Crippen LogP contribution is 2.17. The van der Waals surface area contributed by atoms with Crippen molar-refractivity contribution in [1.82, 2.24) is 20.9 Å². The van der Waals surface area contributed by atoms with Crippen molar-refractivity contribution in [1.29, 1.82) is 0 Å². The van der Waals surface area contributed by atoms with Crippen molar-refractivity contribution in [3.63, 3.8) is 0 Å². The second-order valence-electron chi connectivity index (χ2n) is 16.0. The minimum atomic E-state index is 0.973. The molecule has 52 heavy (non-hydrogen) atoms. The lowest BCUT2D eigenvalue weighted by atomic mass is 10.0. The molecule has 6 heteroatoms. The van der Waals surface area contributed by atoms with Crippen LogP contribution in [0.25, 0.3) is 0 Å². The summed E-state index contributed by atoms with van der Waals surface area (Å²) in [6.45, 7) is 15.0. The van der Waals surface area contributed by atoms with Gasteiger partial charge in [0, 0.05) is 25.9 Å². The van der Waals surface area contributed by atoms with Crippen LogP contribution in [0.3, 0.4) is 0 Å². The van der Waals surface area contributed by atoms with Gasteiger partial charge in [-0.2, -0.15) is 0 Å². The third-order valence-corrected chi connectivity index (χ3v) is 11.1. The second-order valence-corrected chi connectivity index (χ2v) is 16.0. The van der Waals surface area contributed by atoms with Gasteiger partial charge in [0.2, 0.25) is 0 Å². The van der Waals surface area contributed by atoms with Gasteiger partial charge in [-0.15, -0.1) is 0 Å². The summed E-state index contributed by atoms with van der Waals surface area (Å²) in [6, 6.07) is 0. The van der Waals surface area contributed by atoms with E-state index < -0.39 is 0 Å². The van der Waals surface area contributed by atoms with Gasteiger partial charge in [0.05, 0.1) is 26.2 Å². The van der Waals surface area contributed by atoms with Crippen LogP contribution in [0.4, 0.5) is 0 Å². The van der Waals surface area contributed by atoms with E-state index in [4.69, 9.17) is 0 Å². The number of hydrogen-bond acceptors (Lipinski definition) is 6. The van der Waals surface area contributed by atoms with Crippen LogP contribution in [0.1, 0.15) is 246 Å². The zero-order valence-corrected chi connectivity index (χ0v) is 36.1. The predicted molar refractivity (Wildman–Crippen MR) is 234 cm³/mol. The summed E-state index contributed by atoms with van der Waals surface area (Å²) in [6.07, 6.45) is 48.2. The van der Waals surface area contributed by atoms with E-state index in [-0.39, 0.29) is 0 Å². The number of hydrazine groups is 2. The molecule has 0 amide bonds. The summed E-state index contributed by atoms with van der Waals surface area (Å²) in [4.78, 5) is 9.25.